The molecule has 3 aromatic carbocycles. The van der Waals surface area contributed by atoms with Crippen LogP contribution < -0.4 is 19.8 Å². The van der Waals surface area contributed by atoms with E-state index in [0.29, 0.717) is 74.7 Å². The van der Waals surface area contributed by atoms with E-state index in [1.165, 1.54) is 30.2 Å². The smallest absolute Gasteiger partial charge is 0.495 e. The Morgan fingerprint density at radius 2 is 1.71 bits per heavy atom. The molecule has 38 heavy (non-hydrogen) atoms. The Hall–Kier alpha value is -3.98. The first-order valence-electron chi connectivity index (χ1n) is 11.8. The van der Waals surface area contributed by atoms with Crippen LogP contribution in [-0.4, -0.2) is 30.9 Å². The van der Waals surface area contributed by atoms with Crippen LogP contribution in [0, 0.1) is 6.92 Å². The summed E-state index contributed by atoms with van der Waals surface area (Å²) >= 11 is 6.25. The number of carbonyl (C=O) groups excluding carboxylic acids is 1. The SMILES string of the molecule is COc1cc2[nH]c(C)c(-c3ccc(-c4ccc(OC(F)(F)F)cc4N4CCCC4=O)cc3)c(=O)c2cc1Cl. The van der Waals surface area contributed by atoms with E-state index in [4.69, 9.17) is 16.3 Å². The van der Waals surface area contributed by atoms with Crippen LogP contribution >= 0.6 is 11.6 Å². The molecule has 5 rings (SSSR count). The van der Waals surface area contributed by atoms with E-state index in [1.807, 2.05) is 0 Å². The number of rotatable bonds is 5. The molecule has 2 heterocycles. The van der Waals surface area contributed by atoms with E-state index in [2.05, 4.69) is 9.72 Å². The number of nitrogens with zero attached hydrogens (tertiary/aromatic N) is 1. The Labute approximate surface area is 220 Å². The highest BCUT2D eigenvalue weighted by molar-refractivity contribution is 6.32. The Balaban J connectivity index is 1.57. The fourth-order valence-corrected chi connectivity index (χ4v) is 5.05. The van der Waals surface area contributed by atoms with E-state index in [0.717, 1.165) is 0 Å². The van der Waals surface area contributed by atoms with Crippen LogP contribution in [0.4, 0.5) is 18.9 Å². The average molecular weight is 543 g/mol. The van der Waals surface area contributed by atoms with Crippen molar-refractivity contribution in [1.82, 2.24) is 4.98 Å². The van der Waals surface area contributed by atoms with Gasteiger partial charge in [0.15, 0.2) is 5.43 Å². The first-order chi connectivity index (χ1) is 18.1. The quantitative estimate of drug-likeness (QED) is 0.299. The van der Waals surface area contributed by atoms with Crippen molar-refractivity contribution < 1.29 is 27.4 Å². The third-order valence-electron chi connectivity index (χ3n) is 6.51. The number of hydrogen-bond donors (Lipinski definition) is 1. The van der Waals surface area contributed by atoms with E-state index in [1.54, 1.807) is 43.3 Å². The van der Waals surface area contributed by atoms with Crippen molar-refractivity contribution >= 4 is 34.1 Å². The minimum atomic E-state index is -4.85. The number of anilines is 1. The summed E-state index contributed by atoms with van der Waals surface area (Å²) in [6, 6.07) is 14.3. The van der Waals surface area contributed by atoms with Crippen LogP contribution in [0.25, 0.3) is 33.2 Å². The fourth-order valence-electron chi connectivity index (χ4n) is 4.81. The first-order valence-corrected chi connectivity index (χ1v) is 12.1. The molecule has 1 aliphatic rings. The number of methoxy groups -OCH3 is 1. The topological polar surface area (TPSA) is 71.6 Å². The summed E-state index contributed by atoms with van der Waals surface area (Å²) in [7, 11) is 1.50. The largest absolute Gasteiger partial charge is 0.573 e. The molecule has 4 aromatic rings. The molecule has 0 aliphatic carbocycles. The molecule has 0 unspecified atom stereocenters. The third kappa shape index (κ3) is 4.81. The van der Waals surface area contributed by atoms with Crippen LogP contribution in [0.3, 0.4) is 0 Å². The number of H-pyrrole nitrogens is 1. The molecule has 196 valence electrons. The Kier molecular flexibility index (Phi) is 6.56. The second kappa shape index (κ2) is 9.72. The predicted octanol–water partition coefficient (Wildman–Crippen LogP) is 6.86. The number of alkyl halides is 3. The summed E-state index contributed by atoms with van der Waals surface area (Å²) in [6.07, 6.45) is -3.92. The molecule has 1 amide bonds. The first kappa shape index (κ1) is 25.7. The molecule has 6 nitrogen and oxygen atoms in total. The minimum Gasteiger partial charge on any atom is -0.495 e. The molecule has 1 aliphatic heterocycles. The van der Waals surface area contributed by atoms with Gasteiger partial charge < -0.3 is 19.4 Å². The number of fused-ring (bicyclic) bond motifs is 1. The van der Waals surface area contributed by atoms with Crippen molar-refractivity contribution in [1.29, 1.82) is 0 Å². The number of aryl methyl sites for hydroxylation is 1. The van der Waals surface area contributed by atoms with Crippen LogP contribution in [0.2, 0.25) is 5.02 Å². The molecule has 1 saturated heterocycles. The van der Waals surface area contributed by atoms with Crippen molar-refractivity contribution in [2.75, 3.05) is 18.6 Å². The highest BCUT2D eigenvalue weighted by Gasteiger charge is 2.32. The van der Waals surface area contributed by atoms with E-state index < -0.39 is 12.1 Å². The number of aromatic amines is 1. The minimum absolute atomic E-state index is 0.166. The average Bonchev–Trinajstić information content (AvgIpc) is 3.29. The monoisotopic (exact) mass is 542 g/mol. The number of amides is 1. The van der Waals surface area contributed by atoms with Gasteiger partial charge in [0.2, 0.25) is 5.91 Å². The zero-order valence-electron chi connectivity index (χ0n) is 20.4. The summed E-state index contributed by atoms with van der Waals surface area (Å²) in [4.78, 5) is 30.6. The van der Waals surface area contributed by atoms with Crippen molar-refractivity contribution in [3.05, 3.63) is 75.5 Å². The second-order valence-corrected chi connectivity index (χ2v) is 9.35. The van der Waals surface area contributed by atoms with E-state index in [-0.39, 0.29) is 11.3 Å². The van der Waals surface area contributed by atoms with Gasteiger partial charge in [0.1, 0.15) is 11.5 Å². The van der Waals surface area contributed by atoms with Gasteiger partial charge >= 0.3 is 6.36 Å². The lowest BCUT2D eigenvalue weighted by molar-refractivity contribution is -0.274. The number of nitrogens with one attached hydrogen (secondary N) is 1. The lowest BCUT2D eigenvalue weighted by Crippen LogP contribution is -2.25. The highest BCUT2D eigenvalue weighted by atomic mass is 35.5. The highest BCUT2D eigenvalue weighted by Crippen LogP contribution is 2.38. The lowest BCUT2D eigenvalue weighted by Gasteiger charge is -2.21. The van der Waals surface area contributed by atoms with Gasteiger partial charge in [-0.25, -0.2) is 0 Å². The Morgan fingerprint density at radius 1 is 1.00 bits per heavy atom. The molecular formula is C28H22ClF3N2O4. The van der Waals surface area contributed by atoms with Crippen LogP contribution in [0.15, 0.2) is 59.4 Å². The maximum atomic E-state index is 13.4. The summed E-state index contributed by atoms with van der Waals surface area (Å²) in [5.41, 5.74) is 3.74. The van der Waals surface area contributed by atoms with Crippen LogP contribution in [-0.2, 0) is 4.79 Å². The number of carbonyl (C=O) groups is 1. The van der Waals surface area contributed by atoms with Gasteiger partial charge in [-0.2, -0.15) is 0 Å². The van der Waals surface area contributed by atoms with Crippen LogP contribution in [0.5, 0.6) is 11.5 Å². The van der Waals surface area contributed by atoms with E-state index in [9.17, 15) is 22.8 Å². The van der Waals surface area contributed by atoms with Crippen molar-refractivity contribution in [3.63, 3.8) is 0 Å². The molecule has 0 atom stereocenters. The van der Waals surface area contributed by atoms with Gasteiger partial charge in [-0.05, 0) is 42.7 Å². The molecule has 0 spiro atoms. The number of halogens is 4. The molecule has 0 bridgehead atoms. The molecule has 0 radical (unpaired) electrons. The van der Waals surface area contributed by atoms with Gasteiger partial charge in [-0.15, -0.1) is 13.2 Å². The Bertz CT molecular complexity index is 1610. The number of ether oxygens (including phenoxy) is 2. The van der Waals surface area contributed by atoms with Gasteiger partial charge in [0.05, 0.1) is 23.3 Å². The second-order valence-electron chi connectivity index (χ2n) is 8.94. The van der Waals surface area contributed by atoms with Gasteiger partial charge in [-0.1, -0.05) is 35.9 Å². The van der Waals surface area contributed by atoms with Gasteiger partial charge in [0.25, 0.3) is 0 Å². The maximum Gasteiger partial charge on any atom is 0.573 e. The van der Waals surface area contributed by atoms with Crippen molar-refractivity contribution in [2.24, 2.45) is 0 Å². The standard InChI is InChI=1S/C28H22ClF3N2O4/c1-15-26(27(36)20-13-21(29)24(37-2)14-22(20)33-15)17-7-5-16(6-8-17)19-10-9-18(38-28(30,31)32)12-23(19)34-11-3-4-25(34)35/h5-10,12-14H,3-4,11H2,1-2H3,(H,33,36). The molecule has 1 fully saturated rings. The molecule has 10 heteroatoms. The molecule has 0 saturated carbocycles. The molecule has 1 aromatic heterocycles. The van der Waals surface area contributed by atoms with Gasteiger partial charge in [0, 0.05) is 47.3 Å². The number of pyridine rings is 1. The summed E-state index contributed by atoms with van der Waals surface area (Å²) in [6.45, 7) is 2.19. The Morgan fingerprint density at radius 3 is 2.34 bits per heavy atom. The predicted molar refractivity (Wildman–Crippen MR) is 140 cm³/mol. The number of aromatic nitrogens is 1. The maximum absolute atomic E-state index is 13.4. The zero-order valence-corrected chi connectivity index (χ0v) is 21.2. The number of hydrogen-bond acceptors (Lipinski definition) is 4. The number of benzene rings is 3. The van der Waals surface area contributed by atoms with Crippen molar-refractivity contribution in [3.8, 4) is 33.8 Å². The van der Waals surface area contributed by atoms with Crippen molar-refractivity contribution in [2.45, 2.75) is 26.1 Å². The molecule has 1 N–H and O–H groups in total. The normalized spacial score (nSPS) is 13.8. The third-order valence-corrected chi connectivity index (χ3v) is 6.81. The zero-order chi connectivity index (χ0) is 27.2. The summed E-state index contributed by atoms with van der Waals surface area (Å²) in [5, 5.41) is 0.730. The van der Waals surface area contributed by atoms with E-state index >= 15 is 0 Å². The summed E-state index contributed by atoms with van der Waals surface area (Å²) in [5.74, 6) is -0.118. The van der Waals surface area contributed by atoms with Gasteiger partial charge in [-0.3, -0.25) is 9.59 Å². The fraction of sp³-hybridized carbons (Fsp3) is 0.214. The summed E-state index contributed by atoms with van der Waals surface area (Å²) < 4.78 is 47.8. The lowest BCUT2D eigenvalue weighted by atomic mass is 9.97. The molecular weight excluding hydrogens is 521 g/mol. The van der Waals surface area contributed by atoms with Crippen LogP contribution in [0.1, 0.15) is 18.5 Å².